The third kappa shape index (κ3) is 4.15. The number of carboxylic acid groups (broad SMARTS) is 1. The van der Waals surface area contributed by atoms with Crippen LogP contribution in [0.15, 0.2) is 23.4 Å². The molecule has 0 fully saturated rings. The molecule has 0 radical (unpaired) electrons. The van der Waals surface area contributed by atoms with Gasteiger partial charge in [-0.3, -0.25) is 4.79 Å². The van der Waals surface area contributed by atoms with Gasteiger partial charge in [-0.25, -0.2) is 4.98 Å². The van der Waals surface area contributed by atoms with Crippen molar-refractivity contribution in [2.45, 2.75) is 30.8 Å². The summed E-state index contributed by atoms with van der Waals surface area (Å²) in [6, 6.07) is 3.49. The molecule has 1 rings (SSSR count). The number of rotatable bonds is 7. The molecule has 2 N–H and O–H groups in total. The predicted octanol–water partition coefficient (Wildman–Crippen LogP) is 2.67. The minimum Gasteiger partial charge on any atom is -0.480 e. The molecule has 1 aromatic heterocycles. The summed E-state index contributed by atoms with van der Waals surface area (Å²) >= 11 is 7.33. The molecule has 0 spiro atoms. The van der Waals surface area contributed by atoms with Crippen molar-refractivity contribution in [3.05, 3.63) is 23.4 Å². The second kappa shape index (κ2) is 6.97. The molecule has 0 bridgehead atoms. The van der Waals surface area contributed by atoms with Crippen molar-refractivity contribution >= 4 is 29.3 Å². The maximum absolute atomic E-state index is 11.3. The molecule has 0 aliphatic rings. The zero-order valence-electron chi connectivity index (χ0n) is 10.4. The van der Waals surface area contributed by atoms with E-state index >= 15 is 0 Å². The first-order chi connectivity index (χ1) is 8.49. The molecule has 100 valence electrons. The van der Waals surface area contributed by atoms with Crippen LogP contribution in [0.1, 0.15) is 20.3 Å². The molecule has 1 aromatic rings. The number of carbonyl (C=O) groups is 1. The molecule has 0 aliphatic carbocycles. The summed E-state index contributed by atoms with van der Waals surface area (Å²) in [4.78, 5) is 15.4. The summed E-state index contributed by atoms with van der Waals surface area (Å²) in [5.41, 5.74) is -0.971. The predicted molar refractivity (Wildman–Crippen MR) is 74.3 cm³/mol. The van der Waals surface area contributed by atoms with Gasteiger partial charge in [0.1, 0.15) is 10.6 Å². The number of nitrogens with zero attached hydrogens (tertiary/aromatic N) is 1. The van der Waals surface area contributed by atoms with E-state index in [1.54, 1.807) is 25.3 Å². The Balaban J connectivity index is 2.68. The van der Waals surface area contributed by atoms with Gasteiger partial charge in [0.15, 0.2) is 0 Å². The van der Waals surface area contributed by atoms with Crippen LogP contribution in [0.5, 0.6) is 0 Å². The largest absolute Gasteiger partial charge is 0.480 e. The minimum atomic E-state index is -0.971. The Morgan fingerprint density at radius 2 is 2.39 bits per heavy atom. The van der Waals surface area contributed by atoms with E-state index in [1.807, 2.05) is 6.92 Å². The highest BCUT2D eigenvalue weighted by Gasteiger charge is 2.32. The molecular formula is C12H17ClN2O2S. The minimum absolute atomic E-state index is 0.374. The van der Waals surface area contributed by atoms with Gasteiger partial charge in [0.25, 0.3) is 0 Å². The highest BCUT2D eigenvalue weighted by molar-refractivity contribution is 7.99. The first kappa shape index (κ1) is 15.3. The number of halogens is 1. The van der Waals surface area contributed by atoms with Crippen LogP contribution >= 0.6 is 23.4 Å². The van der Waals surface area contributed by atoms with Crippen LogP contribution in [0, 0.1) is 0 Å². The third-order valence-electron chi connectivity index (χ3n) is 2.46. The molecule has 4 nitrogen and oxygen atoms in total. The maximum atomic E-state index is 11.3. The van der Waals surface area contributed by atoms with E-state index in [4.69, 9.17) is 11.6 Å². The van der Waals surface area contributed by atoms with Gasteiger partial charge >= 0.3 is 5.97 Å². The zero-order valence-corrected chi connectivity index (χ0v) is 12.0. The first-order valence-corrected chi connectivity index (χ1v) is 7.07. The number of aliphatic carboxylic acids is 1. The van der Waals surface area contributed by atoms with Crippen LogP contribution in [0.4, 0.5) is 0 Å². The Bertz CT molecular complexity index is 417. The third-order valence-corrected chi connectivity index (χ3v) is 4.20. The molecule has 0 saturated heterocycles. The van der Waals surface area contributed by atoms with Crippen molar-refractivity contribution in [1.82, 2.24) is 10.3 Å². The SMILES string of the molecule is CCCNC(C)(CSc1ncccc1Cl)C(=O)O. The summed E-state index contributed by atoms with van der Waals surface area (Å²) in [6.45, 7) is 4.34. The lowest BCUT2D eigenvalue weighted by molar-refractivity contribution is -0.143. The molecule has 0 aromatic carbocycles. The van der Waals surface area contributed by atoms with E-state index in [-0.39, 0.29) is 0 Å². The highest BCUT2D eigenvalue weighted by Crippen LogP contribution is 2.27. The summed E-state index contributed by atoms with van der Waals surface area (Å²) in [5, 5.41) is 13.5. The molecule has 0 amide bonds. The van der Waals surface area contributed by atoms with E-state index in [9.17, 15) is 9.90 Å². The molecule has 1 heterocycles. The zero-order chi connectivity index (χ0) is 13.6. The average Bonchev–Trinajstić information content (AvgIpc) is 2.35. The molecule has 1 unspecified atom stereocenters. The van der Waals surface area contributed by atoms with Crippen molar-refractivity contribution < 1.29 is 9.90 Å². The Kier molecular flexibility index (Phi) is 5.91. The van der Waals surface area contributed by atoms with Gasteiger partial charge in [-0.15, -0.1) is 11.8 Å². The molecular weight excluding hydrogens is 272 g/mol. The summed E-state index contributed by atoms with van der Waals surface area (Å²) < 4.78 is 0. The topological polar surface area (TPSA) is 62.2 Å². The molecule has 1 atom stereocenters. The number of nitrogens with one attached hydrogen (secondary N) is 1. The van der Waals surface area contributed by atoms with Crippen LogP contribution in [0.2, 0.25) is 5.02 Å². The lowest BCUT2D eigenvalue weighted by Crippen LogP contribution is -2.51. The first-order valence-electron chi connectivity index (χ1n) is 5.71. The molecule has 0 saturated carbocycles. The fraction of sp³-hybridized carbons (Fsp3) is 0.500. The number of aromatic nitrogens is 1. The standard InChI is InChI=1S/C12H17ClN2O2S/c1-3-6-15-12(2,11(16)17)8-18-10-9(13)5-4-7-14-10/h4-5,7,15H,3,6,8H2,1-2H3,(H,16,17). The number of pyridine rings is 1. The van der Waals surface area contributed by atoms with Crippen LogP contribution in [-0.4, -0.2) is 33.9 Å². The van der Waals surface area contributed by atoms with Gasteiger partial charge in [-0.05, 0) is 32.0 Å². The Morgan fingerprint density at radius 1 is 1.67 bits per heavy atom. The lowest BCUT2D eigenvalue weighted by atomic mass is 10.1. The highest BCUT2D eigenvalue weighted by atomic mass is 35.5. The van der Waals surface area contributed by atoms with Crippen LogP contribution in [0.25, 0.3) is 0 Å². The summed E-state index contributed by atoms with van der Waals surface area (Å²) in [5.74, 6) is -0.491. The fourth-order valence-corrected chi connectivity index (χ4v) is 2.56. The normalized spacial score (nSPS) is 14.2. The molecule has 18 heavy (non-hydrogen) atoms. The van der Waals surface area contributed by atoms with Crippen molar-refractivity contribution in [1.29, 1.82) is 0 Å². The van der Waals surface area contributed by atoms with E-state index in [1.165, 1.54) is 11.8 Å². The Labute approximate surface area is 116 Å². The Morgan fingerprint density at radius 3 is 2.94 bits per heavy atom. The van der Waals surface area contributed by atoms with E-state index in [0.717, 1.165) is 6.42 Å². The van der Waals surface area contributed by atoms with E-state index in [2.05, 4.69) is 10.3 Å². The van der Waals surface area contributed by atoms with Gasteiger partial charge in [0.05, 0.1) is 5.02 Å². The van der Waals surface area contributed by atoms with Gasteiger partial charge in [-0.1, -0.05) is 18.5 Å². The summed E-state index contributed by atoms with van der Waals surface area (Å²) in [6.07, 6.45) is 2.53. The average molecular weight is 289 g/mol. The second-order valence-corrected chi connectivity index (χ2v) is 5.51. The monoisotopic (exact) mass is 288 g/mol. The van der Waals surface area contributed by atoms with Crippen molar-refractivity contribution in [2.75, 3.05) is 12.3 Å². The van der Waals surface area contributed by atoms with Gasteiger partial charge < -0.3 is 10.4 Å². The maximum Gasteiger partial charge on any atom is 0.324 e. The van der Waals surface area contributed by atoms with E-state index < -0.39 is 11.5 Å². The second-order valence-electron chi connectivity index (χ2n) is 4.14. The summed E-state index contributed by atoms with van der Waals surface area (Å²) in [7, 11) is 0. The van der Waals surface area contributed by atoms with Gasteiger partial charge in [0.2, 0.25) is 0 Å². The van der Waals surface area contributed by atoms with Crippen molar-refractivity contribution in [3.63, 3.8) is 0 Å². The van der Waals surface area contributed by atoms with E-state index in [0.29, 0.717) is 22.3 Å². The number of hydrogen-bond donors (Lipinski definition) is 2. The van der Waals surface area contributed by atoms with Gasteiger partial charge in [0, 0.05) is 11.9 Å². The lowest BCUT2D eigenvalue weighted by Gasteiger charge is -2.25. The van der Waals surface area contributed by atoms with Crippen molar-refractivity contribution in [2.24, 2.45) is 0 Å². The number of thioether (sulfide) groups is 1. The Hall–Kier alpha value is -0.780. The van der Waals surface area contributed by atoms with Crippen LogP contribution < -0.4 is 5.32 Å². The number of hydrogen-bond acceptors (Lipinski definition) is 4. The quantitative estimate of drug-likeness (QED) is 0.755. The molecule has 6 heteroatoms. The van der Waals surface area contributed by atoms with Crippen LogP contribution in [-0.2, 0) is 4.79 Å². The van der Waals surface area contributed by atoms with Crippen LogP contribution in [0.3, 0.4) is 0 Å². The van der Waals surface area contributed by atoms with Gasteiger partial charge in [-0.2, -0.15) is 0 Å². The van der Waals surface area contributed by atoms with Crippen molar-refractivity contribution in [3.8, 4) is 0 Å². The smallest absolute Gasteiger partial charge is 0.324 e. The number of carboxylic acids is 1. The molecule has 0 aliphatic heterocycles. The fourth-order valence-electron chi connectivity index (χ4n) is 1.28.